The number of anilines is 2. The van der Waals surface area contributed by atoms with Crippen LogP contribution in [0.3, 0.4) is 0 Å². The van der Waals surface area contributed by atoms with Crippen LogP contribution in [-0.4, -0.2) is 20.9 Å². The van der Waals surface area contributed by atoms with E-state index in [2.05, 4.69) is 16.5 Å². The highest BCUT2D eigenvalue weighted by atomic mass is 35.5. The maximum Gasteiger partial charge on any atom is 0.303 e. The van der Waals surface area contributed by atoms with Crippen molar-refractivity contribution in [2.24, 2.45) is 17.3 Å². The van der Waals surface area contributed by atoms with Crippen molar-refractivity contribution in [2.75, 3.05) is 5.32 Å². The molecule has 2 atom stereocenters. The van der Waals surface area contributed by atoms with Gasteiger partial charge in [-0.15, -0.1) is 0 Å². The molecule has 0 radical (unpaired) electrons. The first-order valence-corrected chi connectivity index (χ1v) is 12.0. The predicted molar refractivity (Wildman–Crippen MR) is 128 cm³/mol. The lowest BCUT2D eigenvalue weighted by molar-refractivity contribution is -0.151. The number of nitrogens with one attached hydrogen (secondary N) is 1. The van der Waals surface area contributed by atoms with Crippen molar-refractivity contribution in [2.45, 2.75) is 50.5 Å². The normalized spacial score (nSPS) is 30.0. The summed E-state index contributed by atoms with van der Waals surface area (Å²) < 4.78 is 1.59. The number of aliphatic carboxylic acids is 1. The number of hydrogen-bond donors (Lipinski definition) is 2. The molecule has 0 spiro atoms. The molecule has 1 heterocycles. The molecule has 0 saturated heterocycles. The molecule has 170 valence electrons. The topological polar surface area (TPSA) is 84.2 Å². The molecule has 4 aliphatic rings. The van der Waals surface area contributed by atoms with Gasteiger partial charge in [-0.25, -0.2) is 4.68 Å². The van der Waals surface area contributed by atoms with Gasteiger partial charge < -0.3 is 10.4 Å². The molecule has 0 aliphatic heterocycles. The number of rotatable bonds is 5. The van der Waals surface area contributed by atoms with Gasteiger partial charge in [0.1, 0.15) is 5.02 Å². The van der Waals surface area contributed by atoms with Crippen molar-refractivity contribution in [1.29, 1.82) is 0 Å². The zero-order valence-corrected chi connectivity index (χ0v) is 19.0. The number of benzene rings is 2. The fourth-order valence-electron chi connectivity index (χ4n) is 7.46. The van der Waals surface area contributed by atoms with Crippen molar-refractivity contribution in [3.63, 3.8) is 0 Å². The molecule has 4 fully saturated rings. The van der Waals surface area contributed by atoms with Crippen molar-refractivity contribution in [3.8, 4) is 0 Å². The Morgan fingerprint density at radius 3 is 2.58 bits per heavy atom. The first kappa shape index (κ1) is 20.7. The molecular weight excluding hydrogens is 438 g/mol. The van der Waals surface area contributed by atoms with Crippen LogP contribution in [-0.2, 0) is 10.3 Å². The van der Waals surface area contributed by atoms with Crippen LogP contribution in [0.2, 0.25) is 5.02 Å². The van der Waals surface area contributed by atoms with Gasteiger partial charge in [-0.3, -0.25) is 9.59 Å². The highest BCUT2D eigenvalue weighted by Gasteiger charge is 2.59. The maximum absolute atomic E-state index is 13.4. The number of aromatic nitrogens is 2. The summed E-state index contributed by atoms with van der Waals surface area (Å²) in [6.07, 6.45) is 7.29. The summed E-state index contributed by atoms with van der Waals surface area (Å²) in [5, 5.41) is 19.8. The van der Waals surface area contributed by atoms with Gasteiger partial charge in [-0.1, -0.05) is 41.9 Å². The fraction of sp³-hybridized carbons (Fsp3) is 0.423. The van der Waals surface area contributed by atoms with Crippen LogP contribution < -0.4 is 10.9 Å². The number of nitrogens with zero attached hydrogens (tertiary/aromatic N) is 2. The minimum atomic E-state index is -0.750. The maximum atomic E-state index is 13.4. The number of halogens is 1. The third-order valence-electron chi connectivity index (χ3n) is 8.07. The van der Waals surface area contributed by atoms with E-state index in [1.807, 2.05) is 36.4 Å². The van der Waals surface area contributed by atoms with Gasteiger partial charge in [-0.05, 0) is 78.7 Å². The lowest BCUT2D eigenvalue weighted by Crippen LogP contribution is -2.59. The third-order valence-corrected chi connectivity index (χ3v) is 8.44. The summed E-state index contributed by atoms with van der Waals surface area (Å²) in [7, 11) is 0. The Morgan fingerprint density at radius 2 is 1.85 bits per heavy atom. The Morgan fingerprint density at radius 1 is 1.12 bits per heavy atom. The Hall–Kier alpha value is -2.86. The van der Waals surface area contributed by atoms with Crippen molar-refractivity contribution in [1.82, 2.24) is 9.78 Å². The molecule has 3 aromatic rings. The SMILES string of the molecule is O=C(O)CC12CC3CC(C1)CC(n1ncc(Nc4ccc5ccccc5c4)c(Cl)c1=O)(C3)C2. The lowest BCUT2D eigenvalue weighted by atomic mass is 9.46. The van der Waals surface area contributed by atoms with Gasteiger partial charge in [0, 0.05) is 5.69 Å². The van der Waals surface area contributed by atoms with Gasteiger partial charge >= 0.3 is 5.97 Å². The zero-order valence-electron chi connectivity index (χ0n) is 18.3. The van der Waals surface area contributed by atoms with E-state index in [-0.39, 0.29) is 22.4 Å². The second-order valence-electron chi connectivity index (χ2n) is 10.5. The van der Waals surface area contributed by atoms with E-state index >= 15 is 0 Å². The summed E-state index contributed by atoms with van der Waals surface area (Å²) in [6.45, 7) is 0. The molecule has 7 heteroatoms. The lowest BCUT2D eigenvalue weighted by Gasteiger charge is -2.61. The third kappa shape index (κ3) is 3.43. The second-order valence-corrected chi connectivity index (χ2v) is 10.9. The summed E-state index contributed by atoms with van der Waals surface area (Å²) in [6, 6.07) is 14.1. The van der Waals surface area contributed by atoms with E-state index < -0.39 is 11.5 Å². The molecule has 2 N–H and O–H groups in total. The van der Waals surface area contributed by atoms with Crippen molar-refractivity contribution >= 4 is 39.7 Å². The average molecular weight is 464 g/mol. The number of carbonyl (C=O) groups is 1. The highest BCUT2D eigenvalue weighted by molar-refractivity contribution is 6.33. The van der Waals surface area contributed by atoms with Gasteiger partial charge in [0.25, 0.3) is 5.56 Å². The Bertz CT molecular complexity index is 1320. The van der Waals surface area contributed by atoms with Gasteiger partial charge in [-0.2, -0.15) is 5.10 Å². The smallest absolute Gasteiger partial charge is 0.303 e. The van der Waals surface area contributed by atoms with E-state index in [0.29, 0.717) is 23.9 Å². The van der Waals surface area contributed by atoms with Crippen LogP contribution in [0.4, 0.5) is 11.4 Å². The van der Waals surface area contributed by atoms with Crippen LogP contribution in [0, 0.1) is 17.3 Å². The van der Waals surface area contributed by atoms with E-state index in [4.69, 9.17) is 11.6 Å². The van der Waals surface area contributed by atoms with Crippen molar-refractivity contribution < 1.29 is 9.90 Å². The molecule has 7 rings (SSSR count). The zero-order chi connectivity index (χ0) is 22.8. The number of carboxylic acids is 1. The van der Waals surface area contributed by atoms with Crippen LogP contribution in [0.1, 0.15) is 44.9 Å². The van der Waals surface area contributed by atoms with Gasteiger partial charge in [0.15, 0.2) is 0 Å². The van der Waals surface area contributed by atoms with E-state index in [0.717, 1.165) is 48.6 Å². The average Bonchev–Trinajstić information content (AvgIpc) is 2.75. The number of carboxylic acid groups (broad SMARTS) is 1. The van der Waals surface area contributed by atoms with Gasteiger partial charge in [0.05, 0.1) is 23.8 Å². The Labute approximate surface area is 196 Å². The predicted octanol–water partition coefficient (Wildman–Crippen LogP) is 5.56. The Balaban J connectivity index is 1.34. The first-order chi connectivity index (χ1) is 15.8. The van der Waals surface area contributed by atoms with Crippen LogP contribution in [0.25, 0.3) is 10.8 Å². The number of fused-ring (bicyclic) bond motifs is 1. The number of hydrogen-bond acceptors (Lipinski definition) is 4. The summed E-state index contributed by atoms with van der Waals surface area (Å²) in [5.74, 6) is 0.155. The van der Waals surface area contributed by atoms with Crippen LogP contribution in [0.15, 0.2) is 53.5 Å². The first-order valence-electron chi connectivity index (χ1n) is 11.6. The second kappa shape index (κ2) is 7.32. The largest absolute Gasteiger partial charge is 0.481 e. The highest BCUT2D eigenvalue weighted by Crippen LogP contribution is 2.65. The van der Waals surface area contributed by atoms with Crippen LogP contribution >= 0.6 is 11.6 Å². The minimum absolute atomic E-state index is 0.126. The molecule has 2 unspecified atom stereocenters. The van der Waals surface area contributed by atoms with E-state index in [9.17, 15) is 14.7 Å². The molecule has 6 nitrogen and oxygen atoms in total. The van der Waals surface area contributed by atoms with E-state index in [1.165, 1.54) is 0 Å². The molecule has 4 aliphatic carbocycles. The quantitative estimate of drug-likeness (QED) is 0.517. The molecule has 2 aromatic carbocycles. The monoisotopic (exact) mass is 463 g/mol. The van der Waals surface area contributed by atoms with Crippen LogP contribution in [0.5, 0.6) is 0 Å². The molecule has 4 saturated carbocycles. The summed E-state index contributed by atoms with van der Waals surface area (Å²) in [5.41, 5.74) is 0.366. The van der Waals surface area contributed by atoms with Gasteiger partial charge in [0.2, 0.25) is 0 Å². The molecule has 4 bridgehead atoms. The minimum Gasteiger partial charge on any atom is -0.481 e. The van der Waals surface area contributed by atoms with Crippen molar-refractivity contribution in [3.05, 3.63) is 64.0 Å². The molecule has 1 aromatic heterocycles. The fourth-order valence-corrected chi connectivity index (χ4v) is 7.63. The van der Waals surface area contributed by atoms with E-state index in [1.54, 1.807) is 10.9 Å². The molecular formula is C26H26ClN3O3. The summed E-state index contributed by atoms with van der Waals surface area (Å²) in [4.78, 5) is 25.1. The standard InChI is InChI=1S/C26H26ClN3O3/c27-23-21(29-20-6-5-18-3-1-2-4-19(18)8-20)14-28-30(24(23)33)26-11-16-7-17(12-26)10-25(9-16,15-26)13-22(31)32/h1-6,8,14,16-17,29H,7,9-13,15H2,(H,31,32). The summed E-state index contributed by atoms with van der Waals surface area (Å²) >= 11 is 6.60. The molecule has 33 heavy (non-hydrogen) atoms. The Kier molecular flexibility index (Phi) is 4.60. The molecule has 0 amide bonds.